The van der Waals surface area contributed by atoms with Crippen LogP contribution in [0.2, 0.25) is 0 Å². The molecule has 1 aliphatic heterocycles. The fraction of sp³-hybridized carbons (Fsp3) is 0.500. The maximum Gasteiger partial charge on any atom is 0.252 e. The Bertz CT molecular complexity index is 143. The maximum absolute atomic E-state index is 10.6. The van der Waals surface area contributed by atoms with Gasteiger partial charge in [0, 0.05) is 0 Å². The molecule has 1 aliphatic rings. The van der Waals surface area contributed by atoms with Crippen LogP contribution >= 0.6 is 22.9 Å². The van der Waals surface area contributed by atoms with Crippen LogP contribution in [0.3, 0.4) is 0 Å². The number of nitrogens with zero attached hydrogens (tertiary/aromatic N) is 1. The molecule has 0 radical (unpaired) electrons. The van der Waals surface area contributed by atoms with Crippen molar-refractivity contribution in [1.29, 1.82) is 0 Å². The van der Waals surface area contributed by atoms with Gasteiger partial charge in [-0.05, 0) is 0 Å². The zero-order valence-corrected chi connectivity index (χ0v) is 6.71. The Kier molecular flexibility index (Phi) is 2.01. The molecule has 1 fully saturated rings. The zero-order valence-electron chi connectivity index (χ0n) is 4.56. The van der Waals surface area contributed by atoms with Gasteiger partial charge in [0.2, 0.25) is 0 Å². The molecule has 0 aromatic carbocycles. The summed E-state index contributed by atoms with van der Waals surface area (Å²) in [5, 5.41) is 2.67. The lowest BCUT2D eigenvalue weighted by atomic mass is 10.4. The molecule has 5 heteroatoms. The van der Waals surface area contributed by atoms with Gasteiger partial charge < -0.3 is 0 Å². The van der Waals surface area contributed by atoms with Gasteiger partial charge in [-0.15, -0.1) is 0 Å². The van der Waals surface area contributed by atoms with E-state index in [1.807, 2.05) is 0 Å². The van der Waals surface area contributed by atoms with Crippen molar-refractivity contribution in [1.82, 2.24) is 8.43 Å². The van der Waals surface area contributed by atoms with Gasteiger partial charge in [0.05, 0.1) is 36.0 Å². The lowest BCUT2D eigenvalue weighted by Crippen LogP contribution is -2.46. The normalized spacial score (nSPS) is 20.8. The van der Waals surface area contributed by atoms with E-state index in [0.717, 1.165) is 3.11 Å². The third kappa shape index (κ3) is 1.39. The van der Waals surface area contributed by atoms with Crippen molar-refractivity contribution < 1.29 is 9.59 Å². The Labute approximate surface area is 66.1 Å². The van der Waals surface area contributed by atoms with Crippen LogP contribution in [0.25, 0.3) is 0 Å². The van der Waals surface area contributed by atoms with Crippen molar-refractivity contribution in [2.24, 2.45) is 0 Å². The van der Waals surface area contributed by atoms with E-state index in [9.17, 15) is 9.59 Å². The van der Waals surface area contributed by atoms with E-state index >= 15 is 0 Å². The van der Waals surface area contributed by atoms with Gasteiger partial charge in [0.15, 0.2) is 0 Å². The van der Waals surface area contributed by atoms with Crippen molar-refractivity contribution in [3.05, 3.63) is 0 Å². The summed E-state index contributed by atoms with van der Waals surface area (Å²) < 4.78 is 1.11. The van der Waals surface area contributed by atoms with Crippen molar-refractivity contribution >= 4 is 34.7 Å². The van der Waals surface area contributed by atoms with E-state index in [0.29, 0.717) is 0 Å². The third-order valence-corrected chi connectivity index (χ3v) is 2.07. The second-order valence-corrected chi connectivity index (χ2v) is 2.64. The number of imide groups is 1. The number of rotatable bonds is 0. The van der Waals surface area contributed by atoms with E-state index in [1.54, 1.807) is 22.9 Å². The lowest BCUT2D eigenvalue weighted by molar-refractivity contribution is -0.138. The molecule has 4 nitrogen and oxygen atoms in total. The highest BCUT2D eigenvalue weighted by molar-refractivity contribution is 14.1. The van der Waals surface area contributed by atoms with Gasteiger partial charge in [-0.1, -0.05) is 0 Å². The van der Waals surface area contributed by atoms with E-state index in [4.69, 9.17) is 0 Å². The maximum atomic E-state index is 10.6. The Morgan fingerprint density at radius 2 is 1.78 bits per heavy atom. The highest BCUT2D eigenvalue weighted by Crippen LogP contribution is 2.02. The standard InChI is InChI=1S/C4H5IN2O2/c5-7-3(8)1-6-2-4(7)9/h6H,1-2H2. The fourth-order valence-corrected chi connectivity index (χ4v) is 0.895. The van der Waals surface area contributed by atoms with E-state index in [1.165, 1.54) is 0 Å². The first kappa shape index (κ1) is 6.94. The zero-order chi connectivity index (χ0) is 6.85. The molecule has 0 aliphatic carbocycles. The van der Waals surface area contributed by atoms with Crippen LogP contribution < -0.4 is 5.32 Å². The number of hydrogen-bond acceptors (Lipinski definition) is 3. The lowest BCUT2D eigenvalue weighted by Gasteiger charge is -2.17. The molecule has 0 spiro atoms. The first-order valence-electron chi connectivity index (χ1n) is 2.44. The molecule has 0 aromatic heterocycles. The van der Waals surface area contributed by atoms with Gasteiger partial charge in [0.1, 0.15) is 0 Å². The molecule has 0 saturated carbocycles. The number of piperazine rings is 1. The van der Waals surface area contributed by atoms with Gasteiger partial charge in [-0.25, -0.2) is 3.11 Å². The number of carbonyl (C=O) groups excluding carboxylic acids is 2. The molecule has 9 heavy (non-hydrogen) atoms. The number of amides is 2. The highest BCUT2D eigenvalue weighted by Gasteiger charge is 2.22. The summed E-state index contributed by atoms with van der Waals surface area (Å²) in [5.41, 5.74) is 0. The second kappa shape index (κ2) is 2.61. The second-order valence-electron chi connectivity index (χ2n) is 1.67. The first-order valence-corrected chi connectivity index (χ1v) is 3.40. The summed E-state index contributed by atoms with van der Waals surface area (Å²) in [6.45, 7) is 0.545. The smallest absolute Gasteiger partial charge is 0.252 e. The molecular weight excluding hydrogens is 235 g/mol. The molecule has 2 amide bonds. The van der Waals surface area contributed by atoms with E-state index in [-0.39, 0.29) is 24.9 Å². The van der Waals surface area contributed by atoms with Crippen LogP contribution in [0, 0.1) is 0 Å². The van der Waals surface area contributed by atoms with Crippen molar-refractivity contribution in [2.75, 3.05) is 13.1 Å². The predicted molar refractivity (Wildman–Crippen MR) is 38.7 cm³/mol. The highest BCUT2D eigenvalue weighted by atomic mass is 127. The predicted octanol–water partition coefficient (Wildman–Crippen LogP) is -0.705. The molecule has 1 N–H and O–H groups in total. The summed E-state index contributed by atoms with van der Waals surface area (Å²) in [7, 11) is 0. The summed E-state index contributed by atoms with van der Waals surface area (Å²) in [4.78, 5) is 21.3. The van der Waals surface area contributed by atoms with Gasteiger partial charge in [0.25, 0.3) is 11.8 Å². The van der Waals surface area contributed by atoms with Crippen LogP contribution in [-0.4, -0.2) is 28.0 Å². The molecular formula is C4H5IN2O2. The Morgan fingerprint density at radius 1 is 1.33 bits per heavy atom. The minimum atomic E-state index is -0.174. The number of nitrogens with one attached hydrogen (secondary N) is 1. The molecule has 0 atom stereocenters. The number of halogens is 1. The van der Waals surface area contributed by atoms with Crippen molar-refractivity contribution in [2.45, 2.75) is 0 Å². The van der Waals surface area contributed by atoms with Gasteiger partial charge in [-0.3, -0.25) is 14.9 Å². The molecule has 1 saturated heterocycles. The third-order valence-electron chi connectivity index (χ3n) is 0.990. The van der Waals surface area contributed by atoms with Crippen LogP contribution in [0.15, 0.2) is 0 Å². The van der Waals surface area contributed by atoms with Crippen molar-refractivity contribution in [3.63, 3.8) is 0 Å². The van der Waals surface area contributed by atoms with Crippen molar-refractivity contribution in [3.8, 4) is 0 Å². The Morgan fingerprint density at radius 3 is 2.11 bits per heavy atom. The summed E-state index contributed by atoms with van der Waals surface area (Å²) in [6.07, 6.45) is 0. The van der Waals surface area contributed by atoms with Crippen LogP contribution in [0.1, 0.15) is 0 Å². The summed E-state index contributed by atoms with van der Waals surface area (Å²) >= 11 is 1.70. The SMILES string of the molecule is O=C1CNCC(=O)N1I. The summed E-state index contributed by atoms with van der Waals surface area (Å²) in [6, 6.07) is 0. The average molecular weight is 240 g/mol. The molecule has 50 valence electrons. The minimum Gasteiger partial charge on any atom is -0.300 e. The van der Waals surface area contributed by atoms with Crippen LogP contribution in [0.4, 0.5) is 0 Å². The monoisotopic (exact) mass is 240 g/mol. The summed E-state index contributed by atoms with van der Waals surface area (Å²) in [5.74, 6) is -0.348. The van der Waals surface area contributed by atoms with Gasteiger partial charge >= 0.3 is 0 Å². The molecule has 0 bridgehead atoms. The molecule has 1 rings (SSSR count). The van der Waals surface area contributed by atoms with Crippen LogP contribution in [-0.2, 0) is 9.59 Å². The average Bonchev–Trinajstić information content (AvgIpc) is 1.83. The molecule has 0 aromatic rings. The number of carbonyl (C=O) groups is 2. The number of hydrogen-bond donors (Lipinski definition) is 1. The molecule has 0 unspecified atom stereocenters. The fourth-order valence-electron chi connectivity index (χ4n) is 0.554. The molecule has 1 heterocycles. The van der Waals surface area contributed by atoms with Crippen LogP contribution in [0.5, 0.6) is 0 Å². The van der Waals surface area contributed by atoms with E-state index < -0.39 is 0 Å². The van der Waals surface area contributed by atoms with E-state index in [2.05, 4.69) is 5.32 Å². The first-order chi connectivity index (χ1) is 4.22. The largest absolute Gasteiger partial charge is 0.300 e. The Hall–Kier alpha value is -0.170. The topological polar surface area (TPSA) is 49.4 Å². The quantitative estimate of drug-likeness (QED) is 0.346. The Balaban J connectivity index is 2.62. The van der Waals surface area contributed by atoms with Gasteiger partial charge in [-0.2, -0.15) is 0 Å². The minimum absolute atomic E-state index is 0.174.